The van der Waals surface area contributed by atoms with Crippen LogP contribution in [-0.2, 0) is 6.42 Å². The maximum absolute atomic E-state index is 10.9. The Morgan fingerprint density at radius 3 is 2.65 bits per heavy atom. The monoisotopic (exact) mass is 273 g/mol. The molecular weight excluding hydrogens is 258 g/mol. The van der Waals surface area contributed by atoms with Crippen LogP contribution in [0.4, 0.5) is 23.0 Å². The minimum Gasteiger partial charge on any atom is -0.340 e. The first kappa shape index (κ1) is 13.8. The number of benzene rings is 1. The summed E-state index contributed by atoms with van der Waals surface area (Å²) in [6, 6.07) is 10.4. The summed E-state index contributed by atoms with van der Waals surface area (Å²) in [6.07, 6.45) is 0.847. The summed E-state index contributed by atoms with van der Waals surface area (Å²) in [7, 11) is 0. The number of nitro groups is 1. The van der Waals surface area contributed by atoms with E-state index in [0.717, 1.165) is 17.7 Å². The number of aryl methyl sites for hydroxylation is 1. The highest BCUT2D eigenvalue weighted by Crippen LogP contribution is 2.25. The largest absolute Gasteiger partial charge is 0.340 e. The van der Waals surface area contributed by atoms with Gasteiger partial charge in [-0.25, -0.2) is 10.8 Å². The first-order valence-electron chi connectivity index (χ1n) is 6.12. The molecule has 1 heterocycles. The Morgan fingerprint density at radius 1 is 1.30 bits per heavy atom. The molecule has 0 aliphatic heterocycles. The van der Waals surface area contributed by atoms with Crippen molar-refractivity contribution in [3.05, 3.63) is 52.1 Å². The smallest absolute Gasteiger partial charge is 0.276 e. The van der Waals surface area contributed by atoms with Crippen molar-refractivity contribution in [1.82, 2.24) is 4.98 Å². The predicted molar refractivity (Wildman–Crippen MR) is 77.8 cm³/mol. The summed E-state index contributed by atoms with van der Waals surface area (Å²) in [5, 5.41) is 14.0. The lowest BCUT2D eigenvalue weighted by Gasteiger charge is -2.11. The number of nitrogens with one attached hydrogen (secondary N) is 2. The number of nitrogens with two attached hydrogens (primary N) is 1. The second-order valence-corrected chi connectivity index (χ2v) is 4.13. The highest BCUT2D eigenvalue weighted by molar-refractivity contribution is 5.64. The fourth-order valence-corrected chi connectivity index (χ4v) is 1.85. The summed E-state index contributed by atoms with van der Waals surface area (Å²) < 4.78 is 0. The molecule has 0 fully saturated rings. The van der Waals surface area contributed by atoms with E-state index >= 15 is 0 Å². The molecular formula is C13H15N5O2. The maximum Gasteiger partial charge on any atom is 0.276 e. The van der Waals surface area contributed by atoms with Crippen molar-refractivity contribution >= 4 is 23.0 Å². The average molecular weight is 273 g/mol. The van der Waals surface area contributed by atoms with E-state index in [9.17, 15) is 10.1 Å². The standard InChI is InChI=1S/C13H15N5O2/c1-2-9-5-3-4-6-11(9)15-12-7-10(18(19)20)8-13(16-12)17-14/h3-8H,2,14H2,1H3,(H2,15,16,17). The lowest BCUT2D eigenvalue weighted by atomic mass is 10.1. The van der Waals surface area contributed by atoms with Gasteiger partial charge in [0.2, 0.25) is 0 Å². The second-order valence-electron chi connectivity index (χ2n) is 4.13. The van der Waals surface area contributed by atoms with E-state index in [1.165, 1.54) is 12.1 Å². The number of nitrogens with zero attached hydrogens (tertiary/aromatic N) is 2. The van der Waals surface area contributed by atoms with E-state index < -0.39 is 4.92 Å². The first-order chi connectivity index (χ1) is 9.63. The molecule has 2 aromatic rings. The van der Waals surface area contributed by atoms with Crippen molar-refractivity contribution in [2.45, 2.75) is 13.3 Å². The molecule has 0 amide bonds. The third-order valence-electron chi connectivity index (χ3n) is 2.83. The Bertz CT molecular complexity index is 630. The lowest BCUT2D eigenvalue weighted by Crippen LogP contribution is -2.10. The molecule has 104 valence electrons. The zero-order valence-electron chi connectivity index (χ0n) is 11.0. The Kier molecular flexibility index (Phi) is 4.11. The molecule has 4 N–H and O–H groups in total. The number of anilines is 3. The summed E-state index contributed by atoms with van der Waals surface area (Å²) in [5.41, 5.74) is 4.21. The van der Waals surface area contributed by atoms with Gasteiger partial charge in [0, 0.05) is 5.69 Å². The van der Waals surface area contributed by atoms with Gasteiger partial charge in [-0.3, -0.25) is 10.1 Å². The number of aromatic nitrogens is 1. The second kappa shape index (κ2) is 5.98. The van der Waals surface area contributed by atoms with Crippen molar-refractivity contribution in [3.8, 4) is 0 Å². The van der Waals surface area contributed by atoms with Crippen LogP contribution in [0.1, 0.15) is 12.5 Å². The predicted octanol–water partition coefficient (Wildman–Crippen LogP) is 2.58. The molecule has 0 radical (unpaired) electrons. The SMILES string of the molecule is CCc1ccccc1Nc1cc([N+](=O)[O-])cc(NN)n1. The zero-order valence-corrected chi connectivity index (χ0v) is 11.0. The topological polar surface area (TPSA) is 106 Å². The number of pyridine rings is 1. The normalized spacial score (nSPS) is 10.1. The molecule has 20 heavy (non-hydrogen) atoms. The quantitative estimate of drug-likeness (QED) is 0.439. The van der Waals surface area contributed by atoms with Gasteiger partial charge in [0.25, 0.3) is 5.69 Å². The molecule has 0 spiro atoms. The number of hydrogen-bond acceptors (Lipinski definition) is 6. The third-order valence-corrected chi connectivity index (χ3v) is 2.83. The van der Waals surface area contributed by atoms with Crippen LogP contribution in [0, 0.1) is 10.1 Å². The molecule has 0 aliphatic rings. The molecule has 2 rings (SSSR count). The fourth-order valence-electron chi connectivity index (χ4n) is 1.85. The molecule has 7 heteroatoms. The van der Waals surface area contributed by atoms with Crippen LogP contribution in [0.15, 0.2) is 36.4 Å². The Morgan fingerprint density at radius 2 is 2.00 bits per heavy atom. The van der Waals surface area contributed by atoms with Gasteiger partial charge in [-0.2, -0.15) is 0 Å². The minimum atomic E-state index is -0.487. The third kappa shape index (κ3) is 3.01. The lowest BCUT2D eigenvalue weighted by molar-refractivity contribution is -0.384. The molecule has 0 bridgehead atoms. The summed E-state index contributed by atoms with van der Waals surface area (Å²) in [5.74, 6) is 5.88. The van der Waals surface area contributed by atoms with Gasteiger partial charge in [-0.15, -0.1) is 0 Å². The Hall–Kier alpha value is -2.67. The molecule has 0 saturated heterocycles. The van der Waals surface area contributed by atoms with E-state index in [-0.39, 0.29) is 11.5 Å². The van der Waals surface area contributed by atoms with E-state index in [1.807, 2.05) is 31.2 Å². The van der Waals surface area contributed by atoms with Gasteiger partial charge in [0.15, 0.2) is 0 Å². The van der Waals surface area contributed by atoms with Crippen LogP contribution in [0.5, 0.6) is 0 Å². The van der Waals surface area contributed by atoms with Gasteiger partial charge in [0.05, 0.1) is 17.1 Å². The zero-order chi connectivity index (χ0) is 14.5. The number of para-hydroxylation sites is 1. The average Bonchev–Trinajstić information content (AvgIpc) is 2.47. The molecule has 0 unspecified atom stereocenters. The van der Waals surface area contributed by atoms with Gasteiger partial charge in [-0.05, 0) is 18.1 Å². The molecule has 7 nitrogen and oxygen atoms in total. The summed E-state index contributed by atoms with van der Waals surface area (Å²) in [6.45, 7) is 2.04. The van der Waals surface area contributed by atoms with Gasteiger partial charge in [-0.1, -0.05) is 25.1 Å². The van der Waals surface area contributed by atoms with Crippen molar-refractivity contribution < 1.29 is 4.92 Å². The van der Waals surface area contributed by atoms with Crippen molar-refractivity contribution in [2.75, 3.05) is 10.7 Å². The molecule has 1 aromatic heterocycles. The van der Waals surface area contributed by atoms with Crippen molar-refractivity contribution in [2.24, 2.45) is 5.84 Å². The van der Waals surface area contributed by atoms with Crippen molar-refractivity contribution in [1.29, 1.82) is 0 Å². The minimum absolute atomic E-state index is 0.0792. The van der Waals surface area contributed by atoms with Crippen LogP contribution in [-0.4, -0.2) is 9.91 Å². The number of rotatable bonds is 5. The van der Waals surface area contributed by atoms with E-state index in [1.54, 1.807) is 0 Å². The van der Waals surface area contributed by atoms with Gasteiger partial charge >= 0.3 is 0 Å². The first-order valence-corrected chi connectivity index (χ1v) is 6.12. The fraction of sp³-hybridized carbons (Fsp3) is 0.154. The molecule has 0 atom stereocenters. The number of hydrazine groups is 1. The number of hydrogen-bond donors (Lipinski definition) is 3. The Labute approximate surface area is 116 Å². The van der Waals surface area contributed by atoms with Gasteiger partial charge in [0.1, 0.15) is 11.6 Å². The van der Waals surface area contributed by atoms with Gasteiger partial charge < -0.3 is 10.7 Å². The van der Waals surface area contributed by atoms with E-state index in [2.05, 4.69) is 15.7 Å². The van der Waals surface area contributed by atoms with Crippen LogP contribution in [0.2, 0.25) is 0 Å². The van der Waals surface area contributed by atoms with Crippen LogP contribution >= 0.6 is 0 Å². The molecule has 1 aromatic carbocycles. The van der Waals surface area contributed by atoms with Crippen molar-refractivity contribution in [3.63, 3.8) is 0 Å². The van der Waals surface area contributed by atoms with E-state index in [0.29, 0.717) is 5.82 Å². The molecule has 0 aliphatic carbocycles. The highest BCUT2D eigenvalue weighted by Gasteiger charge is 2.11. The summed E-state index contributed by atoms with van der Waals surface area (Å²) >= 11 is 0. The van der Waals surface area contributed by atoms with Crippen LogP contribution in [0.25, 0.3) is 0 Å². The van der Waals surface area contributed by atoms with Crippen LogP contribution in [0.3, 0.4) is 0 Å². The van der Waals surface area contributed by atoms with E-state index in [4.69, 9.17) is 5.84 Å². The summed E-state index contributed by atoms with van der Waals surface area (Å²) in [4.78, 5) is 14.5. The number of nitrogen functional groups attached to an aromatic ring is 1. The Balaban J connectivity index is 2.37. The van der Waals surface area contributed by atoms with Crippen LogP contribution < -0.4 is 16.6 Å². The molecule has 0 saturated carbocycles. The highest BCUT2D eigenvalue weighted by atomic mass is 16.6. The maximum atomic E-state index is 10.9.